The second kappa shape index (κ2) is 10.9. The molecule has 0 spiro atoms. The first kappa shape index (κ1) is 28.2. The predicted molar refractivity (Wildman–Crippen MR) is 174 cm³/mol. The van der Waals surface area contributed by atoms with Gasteiger partial charge in [-0.05, 0) is 98.2 Å². The van der Waals surface area contributed by atoms with Crippen LogP contribution in [0.2, 0.25) is 0 Å². The van der Waals surface area contributed by atoms with Gasteiger partial charge < -0.3 is 16.0 Å². The van der Waals surface area contributed by atoms with Crippen molar-refractivity contribution in [2.45, 2.75) is 56.0 Å². The molecule has 4 aromatic heterocycles. The molecule has 46 heavy (non-hydrogen) atoms. The van der Waals surface area contributed by atoms with E-state index in [1.54, 1.807) is 10.9 Å². The Bertz CT molecular complexity index is 2040. The lowest BCUT2D eigenvalue weighted by molar-refractivity contribution is -0.127. The fourth-order valence-electron chi connectivity index (χ4n) is 6.96. The Hall–Kier alpha value is -5.34. The summed E-state index contributed by atoms with van der Waals surface area (Å²) >= 11 is 0. The van der Waals surface area contributed by atoms with Crippen molar-refractivity contribution in [3.8, 4) is 29.0 Å². The standard InChI is InChI=1S/C35H34N10O/c1-2-31(46)43-17-11-23(12-18-43)39-27-8-5-22-20-24(6-7-25(22)27)45-33(26-4-3-16-38-32(26)37)40-28-9-10-30(41-34(28)45)44-19-13-29(42-44)35(21-36)14-15-35/h2-4,6-7,9-10,13,16,19-20,23,27,39H,1,5,8,11-12,14-15,17-18H2,(H2,37,38). The number of benzene rings is 1. The maximum Gasteiger partial charge on any atom is 0.245 e. The summed E-state index contributed by atoms with van der Waals surface area (Å²) in [4.78, 5) is 28.3. The molecular formula is C35H34N10O. The number of piperidine rings is 1. The van der Waals surface area contributed by atoms with Crippen LogP contribution >= 0.6 is 0 Å². The lowest BCUT2D eigenvalue weighted by atomic mass is 10.0. The summed E-state index contributed by atoms with van der Waals surface area (Å²) in [5.41, 5.74) is 12.4. The molecule has 2 aliphatic carbocycles. The highest BCUT2D eigenvalue weighted by Crippen LogP contribution is 2.46. The van der Waals surface area contributed by atoms with E-state index in [0.29, 0.717) is 29.1 Å². The van der Waals surface area contributed by atoms with Crippen molar-refractivity contribution in [1.82, 2.24) is 39.5 Å². The molecule has 5 heterocycles. The van der Waals surface area contributed by atoms with Crippen molar-refractivity contribution in [1.29, 1.82) is 5.26 Å². The zero-order valence-electron chi connectivity index (χ0n) is 25.4. The Balaban J connectivity index is 1.15. The van der Waals surface area contributed by atoms with E-state index in [0.717, 1.165) is 74.1 Å². The van der Waals surface area contributed by atoms with Gasteiger partial charge in [0.05, 0.1) is 17.3 Å². The maximum atomic E-state index is 12.0. The van der Waals surface area contributed by atoms with Gasteiger partial charge in [0.25, 0.3) is 0 Å². The van der Waals surface area contributed by atoms with Crippen LogP contribution in [-0.4, -0.2) is 59.2 Å². The Morgan fingerprint density at radius 2 is 1.96 bits per heavy atom. The summed E-state index contributed by atoms with van der Waals surface area (Å²) in [6.07, 6.45) is 10.5. The molecule has 0 bridgehead atoms. The average Bonchev–Trinajstić information content (AvgIpc) is 3.38. The van der Waals surface area contributed by atoms with Crippen LogP contribution < -0.4 is 11.1 Å². The smallest absolute Gasteiger partial charge is 0.245 e. The van der Waals surface area contributed by atoms with Crippen LogP contribution in [0, 0.1) is 11.3 Å². The predicted octanol–water partition coefficient (Wildman–Crippen LogP) is 4.56. The molecule has 3 N–H and O–H groups in total. The number of fused-ring (bicyclic) bond motifs is 2. The summed E-state index contributed by atoms with van der Waals surface area (Å²) in [6, 6.07) is 19.2. The summed E-state index contributed by atoms with van der Waals surface area (Å²) < 4.78 is 3.79. The van der Waals surface area contributed by atoms with Crippen molar-refractivity contribution in [3.63, 3.8) is 0 Å². The summed E-state index contributed by atoms with van der Waals surface area (Å²) in [6.45, 7) is 5.13. The number of nitrogens with two attached hydrogens (primary N) is 1. The highest BCUT2D eigenvalue weighted by Gasteiger charge is 2.47. The van der Waals surface area contributed by atoms with Crippen LogP contribution in [0.5, 0.6) is 0 Å². The number of anilines is 1. The van der Waals surface area contributed by atoms with Crippen LogP contribution in [-0.2, 0) is 16.6 Å². The number of carbonyl (C=O) groups is 1. The zero-order chi connectivity index (χ0) is 31.4. The van der Waals surface area contributed by atoms with Crippen LogP contribution in [0.15, 0.2) is 73.6 Å². The van der Waals surface area contributed by atoms with E-state index >= 15 is 0 Å². The zero-order valence-corrected chi connectivity index (χ0v) is 25.4. The first-order chi connectivity index (χ1) is 22.5. The molecule has 11 heteroatoms. The number of hydrogen-bond acceptors (Lipinski definition) is 8. The minimum atomic E-state index is -0.471. The fraction of sp³-hybridized carbons (Fsp3) is 0.314. The maximum absolute atomic E-state index is 12.0. The summed E-state index contributed by atoms with van der Waals surface area (Å²) in [5.74, 6) is 1.72. The van der Waals surface area contributed by atoms with Crippen LogP contribution in [0.1, 0.15) is 55.0 Å². The van der Waals surface area contributed by atoms with Crippen molar-refractivity contribution < 1.29 is 4.79 Å². The Kier molecular flexibility index (Phi) is 6.69. The molecule has 2 fully saturated rings. The van der Waals surface area contributed by atoms with Crippen molar-refractivity contribution >= 4 is 22.9 Å². The number of hydrogen-bond donors (Lipinski definition) is 2. The van der Waals surface area contributed by atoms with Crippen molar-refractivity contribution in [3.05, 3.63) is 90.4 Å². The average molecular weight is 611 g/mol. The molecule has 1 unspecified atom stereocenters. The van der Waals surface area contributed by atoms with Gasteiger partial charge in [0.1, 0.15) is 16.7 Å². The Morgan fingerprint density at radius 3 is 2.72 bits per heavy atom. The number of aromatic nitrogens is 6. The first-order valence-electron chi connectivity index (χ1n) is 15.8. The number of nitriles is 1. The normalized spacial score (nSPS) is 18.8. The molecule has 1 amide bonds. The second-order valence-corrected chi connectivity index (χ2v) is 12.5. The molecule has 5 aromatic rings. The van der Waals surface area contributed by atoms with E-state index < -0.39 is 5.41 Å². The SMILES string of the molecule is C=CC(=O)N1CCC(NC2CCc3cc(-n4c(-c5cccnc5N)nc5ccc(-n6ccc(C7(C#N)CC7)n6)nc54)ccc32)CC1. The molecule has 1 saturated carbocycles. The van der Waals surface area contributed by atoms with Gasteiger partial charge in [0, 0.05) is 43.3 Å². The minimum absolute atomic E-state index is 0.0123. The van der Waals surface area contributed by atoms with Gasteiger partial charge in [-0.15, -0.1) is 0 Å². The third kappa shape index (κ3) is 4.73. The molecule has 1 atom stereocenters. The number of rotatable bonds is 7. The molecule has 1 saturated heterocycles. The summed E-state index contributed by atoms with van der Waals surface area (Å²) in [5, 5.41) is 18.3. The number of imidazole rings is 1. The van der Waals surface area contributed by atoms with Crippen molar-refractivity contribution in [2.24, 2.45) is 0 Å². The largest absolute Gasteiger partial charge is 0.383 e. The van der Waals surface area contributed by atoms with E-state index in [1.165, 1.54) is 17.2 Å². The number of aryl methyl sites for hydroxylation is 1. The molecular weight excluding hydrogens is 576 g/mol. The van der Waals surface area contributed by atoms with Gasteiger partial charge in [0.15, 0.2) is 17.3 Å². The van der Waals surface area contributed by atoms with E-state index in [2.05, 4.69) is 45.7 Å². The minimum Gasteiger partial charge on any atom is -0.383 e. The number of nitrogens with zero attached hydrogens (tertiary/aromatic N) is 8. The van der Waals surface area contributed by atoms with Gasteiger partial charge in [0.2, 0.25) is 5.91 Å². The highest BCUT2D eigenvalue weighted by atomic mass is 16.2. The monoisotopic (exact) mass is 610 g/mol. The molecule has 1 aliphatic heterocycles. The number of nitrogen functional groups attached to an aromatic ring is 1. The quantitative estimate of drug-likeness (QED) is 0.255. The van der Waals surface area contributed by atoms with Crippen molar-refractivity contribution in [2.75, 3.05) is 18.8 Å². The van der Waals surface area contributed by atoms with E-state index in [1.807, 2.05) is 41.4 Å². The van der Waals surface area contributed by atoms with Crippen LogP contribution in [0.4, 0.5) is 5.82 Å². The second-order valence-electron chi connectivity index (χ2n) is 12.5. The fourth-order valence-corrected chi connectivity index (χ4v) is 6.96. The number of pyridine rings is 2. The Morgan fingerprint density at radius 1 is 1.11 bits per heavy atom. The molecule has 11 nitrogen and oxygen atoms in total. The van der Waals surface area contributed by atoms with Gasteiger partial charge in [-0.2, -0.15) is 10.4 Å². The lowest BCUT2D eigenvalue weighted by Crippen LogP contribution is -2.45. The number of nitrogens with one attached hydrogen (secondary N) is 1. The molecule has 1 aromatic carbocycles. The Labute approximate surface area is 266 Å². The first-order valence-corrected chi connectivity index (χ1v) is 15.8. The highest BCUT2D eigenvalue weighted by molar-refractivity contribution is 5.87. The van der Waals surface area contributed by atoms with Gasteiger partial charge in [-0.3, -0.25) is 9.36 Å². The summed E-state index contributed by atoms with van der Waals surface area (Å²) in [7, 11) is 0. The van der Waals surface area contributed by atoms with Gasteiger partial charge >= 0.3 is 0 Å². The van der Waals surface area contributed by atoms with E-state index in [9.17, 15) is 10.1 Å². The van der Waals surface area contributed by atoms with Gasteiger partial charge in [-0.1, -0.05) is 12.6 Å². The molecule has 8 rings (SSSR count). The topological polar surface area (TPSA) is 144 Å². The van der Waals surface area contributed by atoms with Gasteiger partial charge in [-0.25, -0.2) is 19.6 Å². The molecule has 3 aliphatic rings. The molecule has 0 radical (unpaired) electrons. The molecule has 230 valence electrons. The number of amides is 1. The van der Waals surface area contributed by atoms with E-state index in [-0.39, 0.29) is 11.9 Å². The van der Waals surface area contributed by atoms with Crippen LogP contribution in [0.25, 0.3) is 34.1 Å². The third-order valence-electron chi connectivity index (χ3n) is 9.73. The third-order valence-corrected chi connectivity index (χ3v) is 9.73. The van der Waals surface area contributed by atoms with E-state index in [4.69, 9.17) is 20.8 Å². The number of likely N-dealkylation sites (tertiary alicyclic amines) is 1. The number of carbonyl (C=O) groups excluding carboxylic acids is 1. The lowest BCUT2D eigenvalue weighted by Gasteiger charge is -2.33. The van der Waals surface area contributed by atoms with Crippen LogP contribution in [0.3, 0.4) is 0 Å².